The van der Waals surface area contributed by atoms with E-state index in [1.165, 1.54) is 0 Å². The number of methoxy groups -OCH3 is 1. The maximum atomic E-state index is 5.48. The molecule has 0 saturated heterocycles. The molecule has 0 unspecified atom stereocenters. The zero-order valence-corrected chi connectivity index (χ0v) is 8.82. The summed E-state index contributed by atoms with van der Waals surface area (Å²) in [4.78, 5) is 2.14. The first-order valence-electron chi connectivity index (χ1n) is 4.71. The van der Waals surface area contributed by atoms with Gasteiger partial charge in [0.2, 0.25) is 0 Å². The predicted octanol–water partition coefficient (Wildman–Crippen LogP) is 0.817. The fourth-order valence-electron chi connectivity index (χ4n) is 1.21. The molecule has 1 rings (SSSR count). The van der Waals surface area contributed by atoms with E-state index < -0.39 is 0 Å². The van der Waals surface area contributed by atoms with Gasteiger partial charge in [0.05, 0.1) is 19.7 Å². The topological polar surface area (TPSA) is 51.6 Å². The number of likely N-dealkylation sites (N-methyl/N-ethyl adjacent to an activating group) is 1. The summed E-state index contributed by atoms with van der Waals surface area (Å²) in [6.45, 7) is 2.89. The molecule has 4 nitrogen and oxygen atoms in total. The van der Waals surface area contributed by atoms with Crippen molar-refractivity contribution in [3.63, 3.8) is 0 Å². The molecular weight excluding hydrogens is 180 g/mol. The number of hydrogen-bond acceptors (Lipinski definition) is 4. The van der Waals surface area contributed by atoms with Crippen LogP contribution in [0.4, 0.5) is 0 Å². The van der Waals surface area contributed by atoms with Crippen LogP contribution in [0.25, 0.3) is 0 Å². The minimum Gasteiger partial charge on any atom is -0.463 e. The molecule has 0 aliphatic rings. The Kier molecular flexibility index (Phi) is 4.65. The van der Waals surface area contributed by atoms with Crippen molar-refractivity contribution in [1.29, 1.82) is 0 Å². The minimum atomic E-state index is 0.460. The molecule has 0 fully saturated rings. The van der Waals surface area contributed by atoms with Crippen LogP contribution in [0.3, 0.4) is 0 Å². The Hall–Kier alpha value is -0.840. The summed E-state index contributed by atoms with van der Waals surface area (Å²) in [5, 5.41) is 0. The molecule has 1 aromatic heterocycles. The van der Waals surface area contributed by atoms with E-state index in [1.54, 1.807) is 7.11 Å². The first-order chi connectivity index (χ1) is 6.76. The summed E-state index contributed by atoms with van der Waals surface area (Å²) in [5.41, 5.74) is 5.45. The molecule has 1 aromatic rings. The van der Waals surface area contributed by atoms with Gasteiger partial charge in [0.25, 0.3) is 0 Å². The number of furan rings is 1. The van der Waals surface area contributed by atoms with Crippen molar-refractivity contribution in [2.45, 2.75) is 13.1 Å². The lowest BCUT2D eigenvalue weighted by atomic mass is 10.4. The van der Waals surface area contributed by atoms with E-state index in [0.29, 0.717) is 6.54 Å². The standard InChI is InChI=1S/C10H18N2O2/c1-12(5-6-13-2)8-10-4-3-9(7-11)14-10/h3-4H,5-8,11H2,1-2H3. The summed E-state index contributed by atoms with van der Waals surface area (Å²) in [7, 11) is 3.73. The van der Waals surface area contributed by atoms with Crippen molar-refractivity contribution in [1.82, 2.24) is 4.90 Å². The molecule has 0 aromatic carbocycles. The average molecular weight is 198 g/mol. The zero-order chi connectivity index (χ0) is 10.4. The van der Waals surface area contributed by atoms with E-state index in [4.69, 9.17) is 14.9 Å². The molecule has 0 aliphatic carbocycles. The summed E-state index contributed by atoms with van der Waals surface area (Å²) in [6.07, 6.45) is 0. The molecule has 0 radical (unpaired) electrons. The summed E-state index contributed by atoms with van der Waals surface area (Å²) < 4.78 is 10.5. The molecule has 4 heteroatoms. The van der Waals surface area contributed by atoms with Gasteiger partial charge in [-0.05, 0) is 19.2 Å². The SMILES string of the molecule is COCCN(C)Cc1ccc(CN)o1. The Morgan fingerprint density at radius 2 is 2.14 bits per heavy atom. The van der Waals surface area contributed by atoms with Crippen molar-refractivity contribution in [3.05, 3.63) is 23.7 Å². The highest BCUT2D eigenvalue weighted by Crippen LogP contribution is 2.08. The monoisotopic (exact) mass is 198 g/mol. The Bertz CT molecular complexity index is 260. The van der Waals surface area contributed by atoms with Gasteiger partial charge in [-0.1, -0.05) is 0 Å². The molecule has 0 saturated carbocycles. The van der Waals surface area contributed by atoms with Crippen LogP contribution in [0.1, 0.15) is 11.5 Å². The minimum absolute atomic E-state index is 0.460. The molecule has 14 heavy (non-hydrogen) atoms. The Balaban J connectivity index is 2.35. The predicted molar refractivity (Wildman–Crippen MR) is 54.8 cm³/mol. The van der Waals surface area contributed by atoms with Crippen LogP contribution >= 0.6 is 0 Å². The molecule has 0 atom stereocenters. The third-order valence-corrected chi connectivity index (χ3v) is 2.02. The average Bonchev–Trinajstić information content (AvgIpc) is 2.62. The maximum absolute atomic E-state index is 5.48. The summed E-state index contributed by atoms with van der Waals surface area (Å²) >= 11 is 0. The lowest BCUT2D eigenvalue weighted by molar-refractivity contribution is 0.154. The Labute approximate surface area is 84.6 Å². The first kappa shape index (κ1) is 11.2. The second-order valence-electron chi connectivity index (χ2n) is 3.30. The third-order valence-electron chi connectivity index (χ3n) is 2.02. The highest BCUT2D eigenvalue weighted by Gasteiger charge is 2.04. The van der Waals surface area contributed by atoms with Gasteiger partial charge in [-0.15, -0.1) is 0 Å². The molecule has 80 valence electrons. The Morgan fingerprint density at radius 1 is 1.43 bits per heavy atom. The van der Waals surface area contributed by atoms with Crippen LogP contribution < -0.4 is 5.73 Å². The molecule has 2 N–H and O–H groups in total. The van der Waals surface area contributed by atoms with E-state index >= 15 is 0 Å². The normalized spacial score (nSPS) is 11.1. The molecule has 0 spiro atoms. The number of rotatable bonds is 6. The van der Waals surface area contributed by atoms with Crippen molar-refractivity contribution >= 4 is 0 Å². The fraction of sp³-hybridized carbons (Fsp3) is 0.600. The number of nitrogens with two attached hydrogens (primary N) is 1. The molecule has 1 heterocycles. The lowest BCUT2D eigenvalue weighted by Crippen LogP contribution is -2.21. The van der Waals surface area contributed by atoms with Gasteiger partial charge >= 0.3 is 0 Å². The van der Waals surface area contributed by atoms with Crippen LogP contribution in [0, 0.1) is 0 Å². The number of hydrogen-bond donors (Lipinski definition) is 1. The van der Waals surface area contributed by atoms with E-state index in [1.807, 2.05) is 19.2 Å². The highest BCUT2D eigenvalue weighted by atomic mass is 16.5. The van der Waals surface area contributed by atoms with Crippen molar-refractivity contribution in [2.75, 3.05) is 27.3 Å². The maximum Gasteiger partial charge on any atom is 0.118 e. The van der Waals surface area contributed by atoms with E-state index in [9.17, 15) is 0 Å². The molecule has 0 aliphatic heterocycles. The summed E-state index contributed by atoms with van der Waals surface area (Å²) in [5.74, 6) is 1.78. The van der Waals surface area contributed by atoms with E-state index in [-0.39, 0.29) is 0 Å². The third kappa shape index (κ3) is 3.49. The highest BCUT2D eigenvalue weighted by molar-refractivity contribution is 5.06. The second kappa shape index (κ2) is 5.80. The summed E-state index contributed by atoms with van der Waals surface area (Å²) in [6, 6.07) is 3.88. The molecule has 0 bridgehead atoms. The second-order valence-corrected chi connectivity index (χ2v) is 3.30. The first-order valence-corrected chi connectivity index (χ1v) is 4.71. The lowest BCUT2D eigenvalue weighted by Gasteiger charge is -2.13. The number of nitrogens with zero attached hydrogens (tertiary/aromatic N) is 1. The quantitative estimate of drug-likeness (QED) is 0.735. The van der Waals surface area contributed by atoms with Gasteiger partial charge in [0.1, 0.15) is 11.5 Å². The van der Waals surface area contributed by atoms with Crippen LogP contribution in [-0.4, -0.2) is 32.2 Å². The van der Waals surface area contributed by atoms with Crippen molar-refractivity contribution in [3.8, 4) is 0 Å². The molecular formula is C10H18N2O2. The fourth-order valence-corrected chi connectivity index (χ4v) is 1.21. The van der Waals surface area contributed by atoms with E-state index in [0.717, 1.165) is 31.2 Å². The Morgan fingerprint density at radius 3 is 2.71 bits per heavy atom. The van der Waals surface area contributed by atoms with Crippen molar-refractivity contribution in [2.24, 2.45) is 5.73 Å². The van der Waals surface area contributed by atoms with Gasteiger partial charge in [0, 0.05) is 13.7 Å². The van der Waals surface area contributed by atoms with Gasteiger partial charge in [0.15, 0.2) is 0 Å². The van der Waals surface area contributed by atoms with Crippen molar-refractivity contribution < 1.29 is 9.15 Å². The van der Waals surface area contributed by atoms with Crippen LogP contribution in [0.15, 0.2) is 16.5 Å². The zero-order valence-electron chi connectivity index (χ0n) is 8.82. The smallest absolute Gasteiger partial charge is 0.118 e. The van der Waals surface area contributed by atoms with Gasteiger partial charge in [-0.25, -0.2) is 0 Å². The van der Waals surface area contributed by atoms with Crippen LogP contribution in [0.5, 0.6) is 0 Å². The molecule has 0 amide bonds. The van der Waals surface area contributed by atoms with E-state index in [2.05, 4.69) is 4.90 Å². The number of ether oxygens (including phenoxy) is 1. The van der Waals surface area contributed by atoms with Gasteiger partial charge < -0.3 is 14.9 Å². The van der Waals surface area contributed by atoms with Crippen LogP contribution in [0.2, 0.25) is 0 Å². The van der Waals surface area contributed by atoms with Gasteiger partial charge in [-0.3, -0.25) is 4.90 Å². The largest absolute Gasteiger partial charge is 0.463 e. The van der Waals surface area contributed by atoms with Gasteiger partial charge in [-0.2, -0.15) is 0 Å². The van der Waals surface area contributed by atoms with Crippen LogP contribution in [-0.2, 0) is 17.8 Å².